The molecule has 0 unspecified atom stereocenters. The number of rotatable bonds is 4. The Morgan fingerprint density at radius 2 is 1.95 bits per heavy atom. The predicted octanol–water partition coefficient (Wildman–Crippen LogP) is 2.00. The van der Waals surface area contributed by atoms with Gasteiger partial charge >= 0.3 is 0 Å². The number of aromatic nitrogens is 1. The van der Waals surface area contributed by atoms with E-state index in [1.807, 2.05) is 6.92 Å². The first-order valence-corrected chi connectivity index (χ1v) is 6.53. The Bertz CT molecular complexity index is 747. The van der Waals surface area contributed by atoms with Crippen LogP contribution in [0.4, 0.5) is 5.69 Å². The molecular weight excluding hydrogens is 268 g/mol. The quantitative estimate of drug-likeness (QED) is 0.873. The fourth-order valence-corrected chi connectivity index (χ4v) is 1.91. The molecule has 0 bridgehead atoms. The molecule has 2 aromatic rings. The van der Waals surface area contributed by atoms with Crippen molar-refractivity contribution in [2.75, 3.05) is 5.32 Å². The van der Waals surface area contributed by atoms with Gasteiger partial charge in [0.2, 0.25) is 5.91 Å². The maximum atomic E-state index is 11.9. The minimum atomic E-state index is -0.318. The number of carbonyl (C=O) groups is 2. The molecule has 0 spiro atoms. The van der Waals surface area contributed by atoms with E-state index in [9.17, 15) is 14.4 Å². The zero-order valence-electron chi connectivity index (χ0n) is 11.9. The highest BCUT2D eigenvalue weighted by molar-refractivity contribution is 5.97. The summed E-state index contributed by atoms with van der Waals surface area (Å²) < 4.78 is 1.33. The van der Waals surface area contributed by atoms with Gasteiger partial charge in [0.05, 0.1) is 0 Å². The van der Waals surface area contributed by atoms with Gasteiger partial charge in [-0.1, -0.05) is 12.1 Å². The molecule has 0 saturated heterocycles. The van der Waals surface area contributed by atoms with Crippen molar-refractivity contribution in [3.05, 3.63) is 64.1 Å². The number of nitrogens with zero attached hydrogens (tertiary/aromatic N) is 1. The van der Waals surface area contributed by atoms with Gasteiger partial charge in [0.25, 0.3) is 5.56 Å². The van der Waals surface area contributed by atoms with Crippen LogP contribution in [0.25, 0.3) is 0 Å². The summed E-state index contributed by atoms with van der Waals surface area (Å²) in [4.78, 5) is 34.9. The summed E-state index contributed by atoms with van der Waals surface area (Å²) in [5.74, 6) is -0.387. The van der Waals surface area contributed by atoms with Crippen molar-refractivity contribution in [2.24, 2.45) is 0 Å². The van der Waals surface area contributed by atoms with E-state index in [1.165, 1.54) is 17.6 Å². The number of hydrogen-bond donors (Lipinski definition) is 1. The molecule has 5 heteroatoms. The van der Waals surface area contributed by atoms with Gasteiger partial charge in [-0.25, -0.2) is 0 Å². The molecule has 0 saturated carbocycles. The Balaban J connectivity index is 2.10. The maximum absolute atomic E-state index is 11.9. The number of amides is 1. The maximum Gasteiger partial charge on any atom is 0.251 e. The fourth-order valence-electron chi connectivity index (χ4n) is 1.91. The van der Waals surface area contributed by atoms with Gasteiger partial charge in [-0.05, 0) is 37.6 Å². The van der Waals surface area contributed by atoms with Crippen LogP contribution in [0.15, 0.2) is 47.4 Å². The van der Waals surface area contributed by atoms with Gasteiger partial charge in [0.15, 0.2) is 5.78 Å². The van der Waals surface area contributed by atoms with Crippen LogP contribution in [-0.4, -0.2) is 16.3 Å². The summed E-state index contributed by atoms with van der Waals surface area (Å²) >= 11 is 0. The number of ketones is 1. The first-order chi connectivity index (χ1) is 9.95. The van der Waals surface area contributed by atoms with Crippen molar-refractivity contribution in [3.63, 3.8) is 0 Å². The minimum absolute atomic E-state index is 0.0661. The Morgan fingerprint density at radius 3 is 2.62 bits per heavy atom. The van der Waals surface area contributed by atoms with Crippen molar-refractivity contribution < 1.29 is 9.59 Å². The predicted molar refractivity (Wildman–Crippen MR) is 80.5 cm³/mol. The van der Waals surface area contributed by atoms with Crippen molar-refractivity contribution in [1.82, 2.24) is 4.57 Å². The first-order valence-electron chi connectivity index (χ1n) is 6.53. The number of anilines is 1. The van der Waals surface area contributed by atoms with E-state index >= 15 is 0 Å². The lowest BCUT2D eigenvalue weighted by Gasteiger charge is -2.08. The molecule has 2 rings (SSSR count). The van der Waals surface area contributed by atoms with Gasteiger partial charge < -0.3 is 9.88 Å². The lowest BCUT2D eigenvalue weighted by atomic mass is 10.1. The number of carbonyl (C=O) groups excluding carboxylic acids is 2. The summed E-state index contributed by atoms with van der Waals surface area (Å²) in [7, 11) is 0. The highest BCUT2D eigenvalue weighted by Crippen LogP contribution is 2.11. The van der Waals surface area contributed by atoms with Crippen LogP contribution >= 0.6 is 0 Å². The average Bonchev–Trinajstić information content (AvgIpc) is 2.42. The van der Waals surface area contributed by atoms with Gasteiger partial charge in [0, 0.05) is 23.5 Å². The molecule has 0 radical (unpaired) electrons. The molecule has 1 aromatic heterocycles. The third kappa shape index (κ3) is 3.89. The van der Waals surface area contributed by atoms with Crippen molar-refractivity contribution in [2.45, 2.75) is 20.4 Å². The highest BCUT2D eigenvalue weighted by atomic mass is 16.2. The lowest BCUT2D eigenvalue weighted by molar-refractivity contribution is -0.116. The van der Waals surface area contributed by atoms with Crippen molar-refractivity contribution in [1.29, 1.82) is 0 Å². The van der Waals surface area contributed by atoms with Crippen LogP contribution in [0.5, 0.6) is 0 Å². The van der Waals surface area contributed by atoms with Crippen molar-refractivity contribution >= 4 is 17.4 Å². The second kappa shape index (κ2) is 6.17. The summed E-state index contributed by atoms with van der Waals surface area (Å²) in [6, 6.07) is 9.93. The zero-order chi connectivity index (χ0) is 15.4. The zero-order valence-corrected chi connectivity index (χ0v) is 11.9. The average molecular weight is 284 g/mol. The van der Waals surface area contributed by atoms with Crippen molar-refractivity contribution in [3.8, 4) is 0 Å². The summed E-state index contributed by atoms with van der Waals surface area (Å²) in [6.07, 6.45) is 1.59. The van der Waals surface area contributed by atoms with E-state index in [2.05, 4.69) is 5.32 Å². The third-order valence-corrected chi connectivity index (χ3v) is 3.02. The van der Waals surface area contributed by atoms with E-state index < -0.39 is 0 Å². The summed E-state index contributed by atoms with van der Waals surface area (Å²) in [5, 5.41) is 2.68. The smallest absolute Gasteiger partial charge is 0.251 e. The molecule has 0 atom stereocenters. The van der Waals surface area contributed by atoms with Gasteiger partial charge in [-0.15, -0.1) is 0 Å². The van der Waals surface area contributed by atoms with Crippen LogP contribution < -0.4 is 10.9 Å². The number of hydrogen-bond acceptors (Lipinski definition) is 3. The fraction of sp³-hybridized carbons (Fsp3) is 0.188. The molecule has 108 valence electrons. The van der Waals surface area contributed by atoms with Crippen LogP contribution in [0.2, 0.25) is 0 Å². The molecule has 21 heavy (non-hydrogen) atoms. The molecule has 5 nitrogen and oxygen atoms in total. The largest absolute Gasteiger partial charge is 0.325 e. The third-order valence-electron chi connectivity index (χ3n) is 3.02. The summed E-state index contributed by atoms with van der Waals surface area (Å²) in [6.45, 7) is 3.22. The first kappa shape index (κ1) is 14.7. The molecule has 1 amide bonds. The Hall–Kier alpha value is -2.69. The van der Waals surface area contributed by atoms with E-state index in [0.717, 1.165) is 5.56 Å². The lowest BCUT2D eigenvalue weighted by Crippen LogP contribution is -2.26. The van der Waals surface area contributed by atoms with Gasteiger partial charge in [-0.2, -0.15) is 0 Å². The molecule has 0 aliphatic heterocycles. The highest BCUT2D eigenvalue weighted by Gasteiger charge is 2.06. The van der Waals surface area contributed by atoms with E-state index in [4.69, 9.17) is 0 Å². The molecular formula is C16H16N2O3. The van der Waals surface area contributed by atoms with Gasteiger partial charge in [0.1, 0.15) is 6.54 Å². The minimum Gasteiger partial charge on any atom is -0.325 e. The molecule has 0 aliphatic carbocycles. The van der Waals surface area contributed by atoms with Crippen LogP contribution in [0.3, 0.4) is 0 Å². The Labute approximate surface area is 122 Å². The standard InChI is InChI=1S/C16H16N2O3/c1-11-6-7-18(16(21)8-11)10-15(20)17-14-5-3-4-13(9-14)12(2)19/h3-9H,10H2,1-2H3,(H,17,20). The normalized spacial score (nSPS) is 10.2. The molecule has 1 heterocycles. The van der Waals surface area contributed by atoms with E-state index in [0.29, 0.717) is 11.3 Å². The molecule has 0 fully saturated rings. The van der Waals surface area contributed by atoms with Crippen LogP contribution in [0.1, 0.15) is 22.8 Å². The Kier molecular flexibility index (Phi) is 4.33. The van der Waals surface area contributed by atoms with E-state index in [1.54, 1.807) is 36.5 Å². The number of benzene rings is 1. The topological polar surface area (TPSA) is 68.2 Å². The molecule has 1 N–H and O–H groups in total. The van der Waals surface area contributed by atoms with E-state index in [-0.39, 0.29) is 23.8 Å². The molecule has 1 aromatic carbocycles. The molecule has 0 aliphatic rings. The Morgan fingerprint density at radius 1 is 1.19 bits per heavy atom. The number of Topliss-reactive ketones (excluding diaryl/α,β-unsaturated/α-hetero) is 1. The van der Waals surface area contributed by atoms with Crippen LogP contribution in [0, 0.1) is 6.92 Å². The number of aryl methyl sites for hydroxylation is 1. The second-order valence-electron chi connectivity index (χ2n) is 4.86. The second-order valence-corrected chi connectivity index (χ2v) is 4.86. The summed E-state index contributed by atoms with van der Waals surface area (Å²) in [5.41, 5.74) is 1.70. The SMILES string of the molecule is CC(=O)c1cccc(NC(=O)Cn2ccc(C)cc2=O)c1. The number of nitrogens with one attached hydrogen (secondary N) is 1. The van der Waals surface area contributed by atoms with Crippen LogP contribution in [-0.2, 0) is 11.3 Å². The number of pyridine rings is 1. The monoisotopic (exact) mass is 284 g/mol. The van der Waals surface area contributed by atoms with Gasteiger partial charge in [-0.3, -0.25) is 14.4 Å².